The molecule has 2 aromatic heterocycles. The van der Waals surface area contributed by atoms with Gasteiger partial charge in [-0.05, 0) is 29.8 Å². The summed E-state index contributed by atoms with van der Waals surface area (Å²) < 4.78 is 5.29. The maximum atomic E-state index is 5.91. The van der Waals surface area contributed by atoms with Gasteiger partial charge in [-0.25, -0.2) is 9.97 Å². The molecule has 0 saturated heterocycles. The lowest BCUT2D eigenvalue weighted by Crippen LogP contribution is -2.14. The molecule has 0 aliphatic heterocycles. The summed E-state index contributed by atoms with van der Waals surface area (Å²) in [5, 5.41) is 0.249. The molecule has 84 valence electrons. The molecule has 0 aromatic carbocycles. The molecule has 0 atom stereocenters. The van der Waals surface area contributed by atoms with E-state index in [-0.39, 0.29) is 10.7 Å². The third-order valence-electron chi connectivity index (χ3n) is 2.24. The van der Waals surface area contributed by atoms with Crippen LogP contribution in [0.25, 0.3) is 11.5 Å². The second kappa shape index (κ2) is 3.91. The van der Waals surface area contributed by atoms with Gasteiger partial charge in [0.25, 0.3) is 0 Å². The molecule has 0 bridgehead atoms. The van der Waals surface area contributed by atoms with Gasteiger partial charge < -0.3 is 4.42 Å². The van der Waals surface area contributed by atoms with Crippen molar-refractivity contribution in [2.24, 2.45) is 0 Å². The van der Waals surface area contributed by atoms with Crippen LogP contribution < -0.4 is 0 Å². The normalized spacial score (nSPS) is 11.8. The van der Waals surface area contributed by atoms with E-state index in [0.29, 0.717) is 5.76 Å². The van der Waals surface area contributed by atoms with Crippen LogP contribution in [0.3, 0.4) is 0 Å². The first-order valence-electron chi connectivity index (χ1n) is 5.06. The summed E-state index contributed by atoms with van der Waals surface area (Å²) in [4.78, 5) is 8.38. The highest BCUT2D eigenvalue weighted by Crippen LogP contribution is 2.26. The van der Waals surface area contributed by atoms with E-state index in [1.54, 1.807) is 6.26 Å². The van der Waals surface area contributed by atoms with E-state index in [4.69, 9.17) is 16.0 Å². The monoisotopic (exact) mass is 236 g/mol. The minimum Gasteiger partial charge on any atom is -0.463 e. The van der Waals surface area contributed by atoms with Gasteiger partial charge in [-0.2, -0.15) is 0 Å². The Bertz CT molecular complexity index is 486. The van der Waals surface area contributed by atoms with Crippen molar-refractivity contribution >= 4 is 11.6 Å². The molecule has 0 N–H and O–H groups in total. The Labute approximate surface area is 99.5 Å². The van der Waals surface area contributed by atoms with Crippen molar-refractivity contribution in [2.75, 3.05) is 0 Å². The Morgan fingerprint density at radius 3 is 2.56 bits per heavy atom. The van der Waals surface area contributed by atoms with E-state index in [1.807, 2.05) is 18.2 Å². The first-order valence-corrected chi connectivity index (χ1v) is 5.43. The van der Waals surface area contributed by atoms with Crippen molar-refractivity contribution < 1.29 is 4.42 Å². The fourth-order valence-electron chi connectivity index (χ4n) is 1.35. The lowest BCUT2D eigenvalue weighted by molar-refractivity contribution is 0.562. The first kappa shape index (κ1) is 11.1. The molecule has 0 aliphatic carbocycles. The van der Waals surface area contributed by atoms with Gasteiger partial charge in [0.15, 0.2) is 5.76 Å². The Hall–Kier alpha value is -1.35. The molecule has 0 aliphatic rings. The van der Waals surface area contributed by atoms with Gasteiger partial charge in [0.05, 0.1) is 12.0 Å². The molecular weight excluding hydrogens is 224 g/mol. The standard InChI is InChI=1S/C12H13ClN2O/c1-12(2,3)10-7-8(14-11(13)15-10)9-5-4-6-16-9/h4-7H,1-3H3. The Balaban J connectivity index is 2.53. The summed E-state index contributed by atoms with van der Waals surface area (Å²) in [6.45, 7) is 6.24. The van der Waals surface area contributed by atoms with Crippen molar-refractivity contribution in [1.82, 2.24) is 9.97 Å². The SMILES string of the molecule is CC(C)(C)c1cc(-c2ccco2)nc(Cl)n1. The zero-order chi connectivity index (χ0) is 11.8. The zero-order valence-electron chi connectivity index (χ0n) is 9.49. The topological polar surface area (TPSA) is 38.9 Å². The van der Waals surface area contributed by atoms with Crippen molar-refractivity contribution in [2.45, 2.75) is 26.2 Å². The number of furan rings is 1. The second-order valence-electron chi connectivity index (χ2n) is 4.63. The van der Waals surface area contributed by atoms with E-state index >= 15 is 0 Å². The highest BCUT2D eigenvalue weighted by Gasteiger charge is 2.18. The summed E-state index contributed by atoms with van der Waals surface area (Å²) in [7, 11) is 0. The van der Waals surface area contributed by atoms with E-state index in [2.05, 4.69) is 30.7 Å². The summed E-state index contributed by atoms with van der Waals surface area (Å²) in [5.74, 6) is 0.704. The molecule has 2 heterocycles. The van der Waals surface area contributed by atoms with Crippen LogP contribution in [0, 0.1) is 0 Å². The van der Waals surface area contributed by atoms with Gasteiger partial charge in [-0.15, -0.1) is 0 Å². The second-order valence-corrected chi connectivity index (χ2v) is 4.97. The van der Waals surface area contributed by atoms with Crippen molar-refractivity contribution in [3.05, 3.63) is 35.4 Å². The smallest absolute Gasteiger partial charge is 0.223 e. The van der Waals surface area contributed by atoms with E-state index < -0.39 is 0 Å². The number of hydrogen-bond donors (Lipinski definition) is 0. The van der Waals surface area contributed by atoms with Crippen LogP contribution in [0.1, 0.15) is 26.5 Å². The maximum Gasteiger partial charge on any atom is 0.223 e. The molecule has 0 spiro atoms. The largest absolute Gasteiger partial charge is 0.463 e. The minimum atomic E-state index is -0.0616. The molecule has 16 heavy (non-hydrogen) atoms. The fraction of sp³-hybridized carbons (Fsp3) is 0.333. The first-order chi connectivity index (χ1) is 7.47. The van der Waals surface area contributed by atoms with Gasteiger partial charge >= 0.3 is 0 Å². The maximum absolute atomic E-state index is 5.91. The molecule has 0 saturated carbocycles. The van der Waals surface area contributed by atoms with Crippen molar-refractivity contribution in [3.8, 4) is 11.5 Å². The third kappa shape index (κ3) is 2.25. The van der Waals surface area contributed by atoms with E-state index in [0.717, 1.165) is 11.4 Å². The molecular formula is C12H13ClN2O. The quantitative estimate of drug-likeness (QED) is 0.709. The van der Waals surface area contributed by atoms with Crippen LogP contribution >= 0.6 is 11.6 Å². The van der Waals surface area contributed by atoms with Crippen molar-refractivity contribution in [3.63, 3.8) is 0 Å². The summed E-state index contributed by atoms with van der Waals surface area (Å²) in [6, 6.07) is 5.58. The minimum absolute atomic E-state index is 0.0616. The number of rotatable bonds is 1. The average molecular weight is 237 g/mol. The molecule has 0 radical (unpaired) electrons. The Kier molecular flexibility index (Phi) is 2.72. The lowest BCUT2D eigenvalue weighted by atomic mass is 9.91. The molecule has 2 aromatic rings. The number of halogens is 1. The van der Waals surface area contributed by atoms with Crippen LogP contribution in [0.15, 0.2) is 28.9 Å². The van der Waals surface area contributed by atoms with Gasteiger partial charge in [0.2, 0.25) is 5.28 Å². The molecule has 4 heteroatoms. The summed E-state index contributed by atoms with van der Waals surface area (Å²) in [5.41, 5.74) is 1.56. The lowest BCUT2D eigenvalue weighted by Gasteiger charge is -2.17. The van der Waals surface area contributed by atoms with Crippen molar-refractivity contribution in [1.29, 1.82) is 0 Å². The molecule has 3 nitrogen and oxygen atoms in total. The zero-order valence-corrected chi connectivity index (χ0v) is 10.2. The predicted molar refractivity (Wildman–Crippen MR) is 63.4 cm³/mol. The Morgan fingerprint density at radius 1 is 1.25 bits per heavy atom. The van der Waals surface area contributed by atoms with Crippen LogP contribution in [-0.4, -0.2) is 9.97 Å². The van der Waals surface area contributed by atoms with Gasteiger partial charge in [0, 0.05) is 5.41 Å². The van der Waals surface area contributed by atoms with Crippen LogP contribution in [0.4, 0.5) is 0 Å². The fourth-order valence-corrected chi connectivity index (χ4v) is 1.53. The molecule has 2 rings (SSSR count). The third-order valence-corrected chi connectivity index (χ3v) is 2.41. The highest BCUT2D eigenvalue weighted by molar-refractivity contribution is 6.28. The predicted octanol–water partition coefficient (Wildman–Crippen LogP) is 3.69. The average Bonchev–Trinajstić information content (AvgIpc) is 2.68. The molecule has 0 fully saturated rings. The summed E-state index contributed by atoms with van der Waals surface area (Å²) in [6.07, 6.45) is 1.61. The highest BCUT2D eigenvalue weighted by atomic mass is 35.5. The number of hydrogen-bond acceptors (Lipinski definition) is 3. The molecule has 0 amide bonds. The number of aromatic nitrogens is 2. The Morgan fingerprint density at radius 2 is 2.00 bits per heavy atom. The van der Waals surface area contributed by atoms with Crippen LogP contribution in [0.5, 0.6) is 0 Å². The van der Waals surface area contributed by atoms with Gasteiger partial charge in [-0.3, -0.25) is 0 Å². The van der Waals surface area contributed by atoms with E-state index in [9.17, 15) is 0 Å². The summed E-state index contributed by atoms with van der Waals surface area (Å²) >= 11 is 5.91. The van der Waals surface area contributed by atoms with Gasteiger partial charge in [0.1, 0.15) is 5.69 Å². The van der Waals surface area contributed by atoms with E-state index in [1.165, 1.54) is 0 Å². The number of nitrogens with zero attached hydrogens (tertiary/aromatic N) is 2. The van der Waals surface area contributed by atoms with Crippen LogP contribution in [-0.2, 0) is 5.41 Å². The molecule has 0 unspecified atom stereocenters. The van der Waals surface area contributed by atoms with Gasteiger partial charge in [-0.1, -0.05) is 20.8 Å². The van der Waals surface area contributed by atoms with Crippen LogP contribution in [0.2, 0.25) is 5.28 Å².